The Balaban J connectivity index is 2.00. The summed E-state index contributed by atoms with van der Waals surface area (Å²) in [5.41, 5.74) is 11.1. The monoisotopic (exact) mass is 618 g/mol. The zero-order chi connectivity index (χ0) is 28.9. The summed E-state index contributed by atoms with van der Waals surface area (Å²) >= 11 is 9.77. The Morgan fingerprint density at radius 1 is 1.31 bits per heavy atom. The maximum Gasteiger partial charge on any atom is 0.410 e. The van der Waals surface area contributed by atoms with E-state index in [1.54, 1.807) is 56.0 Å². The summed E-state index contributed by atoms with van der Waals surface area (Å²) in [5.74, 6) is -0.513. The van der Waals surface area contributed by atoms with Crippen molar-refractivity contribution in [3.8, 4) is 0 Å². The fourth-order valence-corrected chi connectivity index (χ4v) is 5.16. The van der Waals surface area contributed by atoms with Crippen LogP contribution >= 0.6 is 27.5 Å². The van der Waals surface area contributed by atoms with E-state index in [1.807, 2.05) is 13.8 Å². The lowest BCUT2D eigenvalue weighted by molar-refractivity contribution is -0.124. The Bertz CT molecular complexity index is 1290. The maximum atomic E-state index is 13.9. The Labute approximate surface area is 241 Å². The Morgan fingerprint density at radius 2 is 2.03 bits per heavy atom. The lowest BCUT2D eigenvalue weighted by Gasteiger charge is -2.31. The topological polar surface area (TPSA) is 128 Å². The minimum Gasteiger partial charge on any atom is -0.444 e. The number of carbonyl (C=O) groups is 3. The average molecular weight is 620 g/mol. The van der Waals surface area contributed by atoms with Crippen molar-refractivity contribution < 1.29 is 19.1 Å². The molecule has 1 unspecified atom stereocenters. The number of hydrogen-bond acceptors (Lipinski definition) is 5. The fraction of sp³-hybridized carbons (Fsp3) is 0.444. The summed E-state index contributed by atoms with van der Waals surface area (Å²) in [4.78, 5) is 44.9. The lowest BCUT2D eigenvalue weighted by atomic mass is 9.99. The number of benzene rings is 2. The van der Waals surface area contributed by atoms with Gasteiger partial charge >= 0.3 is 6.09 Å². The largest absolute Gasteiger partial charge is 0.444 e. The van der Waals surface area contributed by atoms with Crippen LogP contribution < -0.4 is 10.2 Å². The molecule has 0 radical (unpaired) electrons. The highest BCUT2D eigenvalue weighted by atomic mass is 79.9. The van der Waals surface area contributed by atoms with Crippen LogP contribution in [0.4, 0.5) is 16.2 Å². The van der Waals surface area contributed by atoms with Gasteiger partial charge in [0, 0.05) is 38.9 Å². The number of carbonyl (C=O) groups excluding carboxylic acids is 3. The van der Waals surface area contributed by atoms with E-state index in [-0.39, 0.29) is 18.3 Å². The van der Waals surface area contributed by atoms with E-state index in [0.717, 1.165) is 17.5 Å². The van der Waals surface area contributed by atoms with E-state index in [9.17, 15) is 19.9 Å². The van der Waals surface area contributed by atoms with Gasteiger partial charge in [-0.2, -0.15) is 0 Å². The van der Waals surface area contributed by atoms with Crippen LogP contribution in [0.25, 0.3) is 10.4 Å². The number of ether oxygens (including phenoxy) is 1. The number of halogens is 2. The SMILES string of the molecule is Cc1cc(Cl)cc(N(C=O)C(C(=O)NC[C@@H]2CCCN2C(=O)OC(C)(C)C)c2cc(Br)c(C)cc2N=[N+]=[N-])c1. The molecule has 1 aliphatic heterocycles. The molecule has 2 aromatic carbocycles. The number of anilines is 1. The standard InChI is InChI=1S/C27H32BrClN6O4/c1-16-9-18(29)12-20(10-16)35(15-36)24(21-13-22(28)17(2)11-23(21)32-33-30)25(37)31-14-19-7-6-8-34(19)26(38)39-27(3,4)5/h9-13,15,19,24H,6-8,14H2,1-5H3,(H,31,37)/t19-,24?/m0/s1. The van der Waals surface area contributed by atoms with Gasteiger partial charge < -0.3 is 15.0 Å². The molecule has 1 saturated heterocycles. The summed E-state index contributed by atoms with van der Waals surface area (Å²) in [7, 11) is 0. The van der Waals surface area contributed by atoms with Gasteiger partial charge in [0.05, 0.1) is 6.04 Å². The third kappa shape index (κ3) is 7.65. The second-order valence-electron chi connectivity index (χ2n) is 10.5. The molecule has 39 heavy (non-hydrogen) atoms. The molecule has 3 amide bonds. The molecule has 0 bridgehead atoms. The van der Waals surface area contributed by atoms with Gasteiger partial charge in [-0.3, -0.25) is 14.5 Å². The van der Waals surface area contributed by atoms with E-state index in [4.69, 9.17) is 16.3 Å². The molecule has 3 rings (SSSR count). The van der Waals surface area contributed by atoms with Crippen LogP contribution in [0.5, 0.6) is 0 Å². The van der Waals surface area contributed by atoms with Crippen molar-refractivity contribution >= 4 is 57.3 Å². The highest BCUT2D eigenvalue weighted by molar-refractivity contribution is 9.10. The van der Waals surface area contributed by atoms with E-state index >= 15 is 0 Å². The van der Waals surface area contributed by atoms with Gasteiger partial charge in [-0.05, 0) is 100 Å². The number of aryl methyl sites for hydroxylation is 2. The molecule has 208 valence electrons. The molecule has 2 atom stereocenters. The first-order valence-corrected chi connectivity index (χ1v) is 13.6. The molecule has 2 aromatic rings. The van der Waals surface area contributed by atoms with Crippen LogP contribution in [0, 0.1) is 13.8 Å². The Hall–Kier alpha value is -3.27. The highest BCUT2D eigenvalue weighted by Gasteiger charge is 2.35. The van der Waals surface area contributed by atoms with Crippen LogP contribution in [-0.2, 0) is 14.3 Å². The van der Waals surface area contributed by atoms with Gasteiger partial charge in [0.25, 0.3) is 0 Å². The number of nitrogens with one attached hydrogen (secondary N) is 1. The molecule has 0 aromatic heterocycles. The number of amides is 3. The smallest absolute Gasteiger partial charge is 0.410 e. The summed E-state index contributed by atoms with van der Waals surface area (Å²) in [6, 6.07) is 6.90. The van der Waals surface area contributed by atoms with Crippen LogP contribution in [0.3, 0.4) is 0 Å². The number of azide groups is 1. The van der Waals surface area contributed by atoms with Crippen molar-refractivity contribution in [3.05, 3.63) is 67.0 Å². The predicted molar refractivity (Wildman–Crippen MR) is 154 cm³/mol. The molecular formula is C27H32BrClN6O4. The number of hydrogen-bond donors (Lipinski definition) is 1. The van der Waals surface area contributed by atoms with Crippen molar-refractivity contribution in [2.75, 3.05) is 18.0 Å². The molecule has 0 spiro atoms. The van der Waals surface area contributed by atoms with E-state index < -0.39 is 23.6 Å². The Kier molecular flexibility index (Phi) is 9.88. The molecule has 0 aliphatic carbocycles. The normalized spacial score (nSPS) is 15.8. The predicted octanol–water partition coefficient (Wildman–Crippen LogP) is 6.88. The van der Waals surface area contributed by atoms with Crippen molar-refractivity contribution in [2.24, 2.45) is 5.11 Å². The van der Waals surface area contributed by atoms with E-state index in [2.05, 4.69) is 31.3 Å². The summed E-state index contributed by atoms with van der Waals surface area (Å²) < 4.78 is 6.21. The molecule has 10 nitrogen and oxygen atoms in total. The summed E-state index contributed by atoms with van der Waals surface area (Å²) in [5, 5.41) is 7.12. The second kappa shape index (κ2) is 12.7. The molecule has 1 aliphatic rings. The second-order valence-corrected chi connectivity index (χ2v) is 11.8. The zero-order valence-electron chi connectivity index (χ0n) is 22.6. The molecule has 0 saturated carbocycles. The molecule has 1 N–H and O–H groups in total. The van der Waals surface area contributed by atoms with Gasteiger partial charge in [-0.15, -0.1) is 0 Å². The Morgan fingerprint density at radius 3 is 2.64 bits per heavy atom. The highest BCUT2D eigenvalue weighted by Crippen LogP contribution is 2.37. The van der Waals surface area contributed by atoms with E-state index in [0.29, 0.717) is 40.1 Å². The van der Waals surface area contributed by atoms with Crippen LogP contribution in [0.1, 0.15) is 56.3 Å². The van der Waals surface area contributed by atoms with Crippen molar-refractivity contribution in [1.29, 1.82) is 0 Å². The lowest BCUT2D eigenvalue weighted by Crippen LogP contribution is -2.47. The first-order chi connectivity index (χ1) is 18.3. The zero-order valence-corrected chi connectivity index (χ0v) is 24.9. The van der Waals surface area contributed by atoms with E-state index in [1.165, 1.54) is 4.90 Å². The van der Waals surface area contributed by atoms with Crippen LogP contribution in [-0.4, -0.2) is 48.0 Å². The number of likely N-dealkylation sites (tertiary alicyclic amines) is 1. The third-order valence-electron chi connectivity index (χ3n) is 6.24. The van der Waals surface area contributed by atoms with Crippen molar-refractivity contribution in [2.45, 2.75) is 65.1 Å². The molecule has 1 fully saturated rings. The summed E-state index contributed by atoms with van der Waals surface area (Å²) in [6.07, 6.45) is 1.57. The maximum absolute atomic E-state index is 13.9. The van der Waals surface area contributed by atoms with Gasteiger partial charge in [0.2, 0.25) is 12.3 Å². The van der Waals surface area contributed by atoms with Crippen LogP contribution in [0.15, 0.2) is 39.9 Å². The number of rotatable bonds is 8. The van der Waals surface area contributed by atoms with Gasteiger partial charge in [0.1, 0.15) is 11.6 Å². The third-order valence-corrected chi connectivity index (χ3v) is 7.31. The van der Waals surface area contributed by atoms with Gasteiger partial charge in [-0.1, -0.05) is 32.6 Å². The minimum absolute atomic E-state index is 0.153. The fourth-order valence-electron chi connectivity index (χ4n) is 4.51. The molecule has 1 heterocycles. The first-order valence-electron chi connectivity index (χ1n) is 12.5. The average Bonchev–Trinajstić information content (AvgIpc) is 3.31. The van der Waals surface area contributed by atoms with Crippen molar-refractivity contribution in [3.63, 3.8) is 0 Å². The molecule has 12 heteroatoms. The quantitative estimate of drug-likeness (QED) is 0.149. The van der Waals surface area contributed by atoms with Gasteiger partial charge in [-0.25, -0.2) is 4.79 Å². The first kappa shape index (κ1) is 30.3. The molecular weight excluding hydrogens is 588 g/mol. The minimum atomic E-state index is -1.20. The number of nitrogens with zero attached hydrogens (tertiary/aromatic N) is 5. The van der Waals surface area contributed by atoms with Gasteiger partial charge in [0.15, 0.2) is 0 Å². The van der Waals surface area contributed by atoms with Crippen molar-refractivity contribution in [1.82, 2.24) is 10.2 Å². The summed E-state index contributed by atoms with van der Waals surface area (Å²) in [6.45, 7) is 9.72. The van der Waals surface area contributed by atoms with Crippen LogP contribution in [0.2, 0.25) is 5.02 Å².